The Morgan fingerprint density at radius 3 is 2.10 bits per heavy atom. The SMILES string of the molecule is C[C@H](NC(=O)[C@@H](N)[C@@H](C)O)C(=O)N[C@@H](CCCN=C(N)N)C(=O)NCC(=O)N[C@@H](Cc1ccccc1)C(N)=O. The summed E-state index contributed by atoms with van der Waals surface area (Å²) in [5.41, 5.74) is 22.4. The fraction of sp³-hybridized carbons (Fsp3) is 0.500. The molecule has 0 spiro atoms. The van der Waals surface area contributed by atoms with Crippen molar-refractivity contribution in [1.29, 1.82) is 0 Å². The summed E-state index contributed by atoms with van der Waals surface area (Å²) in [4.78, 5) is 65.6. The van der Waals surface area contributed by atoms with Crippen molar-refractivity contribution in [3.63, 3.8) is 0 Å². The number of hydrogen-bond donors (Lipinski definition) is 9. The summed E-state index contributed by atoms with van der Waals surface area (Å²) >= 11 is 0. The molecular weight excluding hydrogens is 510 g/mol. The molecule has 5 atom stereocenters. The second kappa shape index (κ2) is 16.6. The van der Waals surface area contributed by atoms with Gasteiger partial charge in [0.2, 0.25) is 29.5 Å². The second-order valence-corrected chi connectivity index (χ2v) is 8.94. The molecule has 15 heteroatoms. The van der Waals surface area contributed by atoms with Gasteiger partial charge >= 0.3 is 0 Å². The minimum atomic E-state index is -1.25. The number of nitrogens with one attached hydrogen (secondary N) is 4. The molecule has 15 nitrogen and oxygen atoms in total. The molecule has 0 unspecified atom stereocenters. The third-order valence-corrected chi connectivity index (χ3v) is 5.54. The molecule has 13 N–H and O–H groups in total. The number of rotatable bonds is 16. The lowest BCUT2D eigenvalue weighted by atomic mass is 10.1. The Morgan fingerprint density at radius 1 is 0.897 bits per heavy atom. The number of aliphatic imine (C=N–C) groups is 1. The fourth-order valence-electron chi connectivity index (χ4n) is 3.27. The van der Waals surface area contributed by atoms with E-state index in [0.717, 1.165) is 5.56 Å². The number of aliphatic hydroxyl groups excluding tert-OH is 1. The Balaban J connectivity index is 2.78. The summed E-state index contributed by atoms with van der Waals surface area (Å²) in [5.74, 6) is -3.69. The van der Waals surface area contributed by atoms with Crippen LogP contribution in [-0.4, -0.2) is 84.0 Å². The first-order valence-electron chi connectivity index (χ1n) is 12.3. The van der Waals surface area contributed by atoms with E-state index in [1.165, 1.54) is 13.8 Å². The molecule has 0 fully saturated rings. The second-order valence-electron chi connectivity index (χ2n) is 8.94. The number of nitrogens with two attached hydrogens (primary N) is 4. The van der Waals surface area contributed by atoms with Gasteiger partial charge in [0.15, 0.2) is 5.96 Å². The first-order chi connectivity index (χ1) is 18.3. The van der Waals surface area contributed by atoms with Crippen LogP contribution in [0.3, 0.4) is 0 Å². The molecule has 0 saturated carbocycles. The van der Waals surface area contributed by atoms with Crippen LogP contribution in [0.4, 0.5) is 0 Å². The highest BCUT2D eigenvalue weighted by Crippen LogP contribution is 2.04. The van der Waals surface area contributed by atoms with Crippen LogP contribution < -0.4 is 44.2 Å². The zero-order valence-electron chi connectivity index (χ0n) is 22.1. The van der Waals surface area contributed by atoms with Crippen molar-refractivity contribution < 1.29 is 29.1 Å². The summed E-state index contributed by atoms with van der Waals surface area (Å²) in [7, 11) is 0. The average molecular weight is 550 g/mol. The number of guanidine groups is 1. The lowest BCUT2D eigenvalue weighted by Gasteiger charge is -2.23. The number of amides is 5. The van der Waals surface area contributed by atoms with Gasteiger partial charge in [-0.25, -0.2) is 0 Å². The first-order valence-corrected chi connectivity index (χ1v) is 12.3. The summed E-state index contributed by atoms with van der Waals surface area (Å²) in [6, 6.07) is 4.49. The van der Waals surface area contributed by atoms with E-state index < -0.39 is 66.4 Å². The summed E-state index contributed by atoms with van der Waals surface area (Å²) in [5, 5.41) is 19.2. The highest BCUT2D eigenvalue weighted by Gasteiger charge is 2.27. The standard InChI is InChI=1S/C24H39N9O6/c1-13(31-23(39)19(25)14(2)34)21(37)33-16(9-6-10-29-24(27)28)22(38)30-12-18(35)32-17(20(26)36)11-15-7-4-3-5-8-15/h3-5,7-8,13-14,16-17,19,34H,6,9-12,25H2,1-2H3,(H2,26,36)(H,30,38)(H,31,39)(H,32,35)(H,33,37)(H4,27,28,29)/t13-,14+,16-,17-,19-/m0/s1. The molecule has 5 amide bonds. The lowest BCUT2D eigenvalue weighted by Crippen LogP contribution is -2.56. The van der Waals surface area contributed by atoms with Crippen molar-refractivity contribution in [2.45, 2.75) is 63.4 Å². The van der Waals surface area contributed by atoms with Crippen molar-refractivity contribution in [3.8, 4) is 0 Å². The maximum atomic E-state index is 12.8. The molecule has 1 rings (SSSR count). The molecule has 0 saturated heterocycles. The van der Waals surface area contributed by atoms with E-state index in [1.54, 1.807) is 24.3 Å². The molecule has 0 aliphatic rings. The number of carbonyl (C=O) groups is 5. The number of hydrogen-bond acceptors (Lipinski definition) is 8. The van der Waals surface area contributed by atoms with Gasteiger partial charge in [0.25, 0.3) is 0 Å². The highest BCUT2D eigenvalue weighted by atomic mass is 16.3. The number of benzene rings is 1. The molecule has 0 radical (unpaired) electrons. The molecule has 0 aliphatic heterocycles. The number of nitrogens with zero attached hydrogens (tertiary/aromatic N) is 1. The van der Waals surface area contributed by atoms with Crippen LogP contribution in [-0.2, 0) is 30.4 Å². The van der Waals surface area contributed by atoms with Gasteiger partial charge in [-0.2, -0.15) is 0 Å². The molecule has 0 aliphatic carbocycles. The van der Waals surface area contributed by atoms with E-state index in [0.29, 0.717) is 6.42 Å². The molecule has 0 bridgehead atoms. The van der Waals surface area contributed by atoms with E-state index in [9.17, 15) is 29.1 Å². The summed E-state index contributed by atoms with van der Waals surface area (Å²) < 4.78 is 0. The summed E-state index contributed by atoms with van der Waals surface area (Å²) in [6.45, 7) is 2.39. The Kier molecular flexibility index (Phi) is 13.9. The Hall–Kier alpha value is -4.24. The van der Waals surface area contributed by atoms with Gasteiger partial charge in [-0.15, -0.1) is 0 Å². The van der Waals surface area contributed by atoms with Gasteiger partial charge in [-0.05, 0) is 32.3 Å². The van der Waals surface area contributed by atoms with Crippen LogP contribution in [0, 0.1) is 0 Å². The van der Waals surface area contributed by atoms with Crippen molar-refractivity contribution in [2.75, 3.05) is 13.1 Å². The number of aliphatic hydroxyl groups is 1. The molecule has 0 aromatic heterocycles. The fourth-order valence-corrected chi connectivity index (χ4v) is 3.27. The van der Waals surface area contributed by atoms with E-state index >= 15 is 0 Å². The smallest absolute Gasteiger partial charge is 0.243 e. The van der Waals surface area contributed by atoms with E-state index in [2.05, 4.69) is 26.3 Å². The Bertz CT molecular complexity index is 1010. The molecular formula is C24H39N9O6. The Morgan fingerprint density at radius 2 is 1.54 bits per heavy atom. The summed E-state index contributed by atoms with van der Waals surface area (Å²) in [6.07, 6.45) is -0.567. The molecule has 39 heavy (non-hydrogen) atoms. The maximum Gasteiger partial charge on any atom is 0.243 e. The quantitative estimate of drug-likeness (QED) is 0.0552. The van der Waals surface area contributed by atoms with Crippen LogP contribution in [0.15, 0.2) is 35.3 Å². The van der Waals surface area contributed by atoms with E-state index in [4.69, 9.17) is 22.9 Å². The van der Waals surface area contributed by atoms with Gasteiger partial charge < -0.3 is 49.3 Å². The van der Waals surface area contributed by atoms with Gasteiger partial charge in [0, 0.05) is 13.0 Å². The normalized spacial score (nSPS) is 14.5. The number of primary amides is 1. The van der Waals surface area contributed by atoms with Crippen LogP contribution in [0.25, 0.3) is 0 Å². The van der Waals surface area contributed by atoms with Crippen molar-refractivity contribution in [2.24, 2.45) is 27.9 Å². The van der Waals surface area contributed by atoms with Crippen LogP contribution >= 0.6 is 0 Å². The molecule has 216 valence electrons. The third kappa shape index (κ3) is 12.7. The highest BCUT2D eigenvalue weighted by molar-refractivity contribution is 5.94. The van der Waals surface area contributed by atoms with Gasteiger partial charge in [0.05, 0.1) is 12.6 Å². The lowest BCUT2D eigenvalue weighted by molar-refractivity contribution is -0.133. The van der Waals surface area contributed by atoms with Gasteiger partial charge in [-0.1, -0.05) is 30.3 Å². The predicted molar refractivity (Wildman–Crippen MR) is 143 cm³/mol. The predicted octanol–water partition coefficient (Wildman–Crippen LogP) is -3.93. The minimum absolute atomic E-state index is 0.0990. The molecule has 0 heterocycles. The minimum Gasteiger partial charge on any atom is -0.391 e. The van der Waals surface area contributed by atoms with Crippen molar-refractivity contribution in [3.05, 3.63) is 35.9 Å². The Labute approximate surface area is 226 Å². The van der Waals surface area contributed by atoms with E-state index in [-0.39, 0.29) is 25.3 Å². The largest absolute Gasteiger partial charge is 0.391 e. The third-order valence-electron chi connectivity index (χ3n) is 5.54. The van der Waals surface area contributed by atoms with E-state index in [1.807, 2.05) is 6.07 Å². The average Bonchev–Trinajstić information content (AvgIpc) is 2.88. The zero-order chi connectivity index (χ0) is 29.5. The maximum absolute atomic E-state index is 12.8. The van der Waals surface area contributed by atoms with Crippen molar-refractivity contribution in [1.82, 2.24) is 21.3 Å². The van der Waals surface area contributed by atoms with Gasteiger partial charge in [-0.3, -0.25) is 29.0 Å². The monoisotopic (exact) mass is 549 g/mol. The topological polar surface area (TPSA) is 270 Å². The zero-order valence-corrected chi connectivity index (χ0v) is 22.1. The van der Waals surface area contributed by atoms with Crippen LogP contribution in [0.5, 0.6) is 0 Å². The van der Waals surface area contributed by atoms with Crippen molar-refractivity contribution >= 4 is 35.5 Å². The number of carbonyl (C=O) groups excluding carboxylic acids is 5. The van der Waals surface area contributed by atoms with Gasteiger partial charge in [0.1, 0.15) is 24.2 Å². The van der Waals surface area contributed by atoms with Crippen LogP contribution in [0.1, 0.15) is 32.3 Å². The van der Waals surface area contributed by atoms with Crippen LogP contribution in [0.2, 0.25) is 0 Å². The molecule has 1 aromatic carbocycles. The first kappa shape index (κ1) is 32.8. The molecule has 1 aromatic rings.